The molecule has 1 N–H and O–H groups in total. The summed E-state index contributed by atoms with van der Waals surface area (Å²) in [6, 6.07) is 1.96. The van der Waals surface area contributed by atoms with Crippen LogP contribution in [0.4, 0.5) is 0 Å². The molecule has 1 atom stereocenters. The zero-order valence-electron chi connectivity index (χ0n) is 8.66. The Kier molecular flexibility index (Phi) is 4.76. The van der Waals surface area contributed by atoms with E-state index < -0.39 is 9.84 Å². The minimum absolute atomic E-state index is 0.0186. The second-order valence-corrected chi connectivity index (χ2v) is 7.51. The molecule has 1 unspecified atom stereocenters. The second-order valence-electron chi connectivity index (χ2n) is 3.47. The standard InChI is InChI=1S/C9H14BrNO2S2/c1-11-7(6-15(2,12)13)5-9-8(10)3-4-14-9/h3-4,7,11H,5-6H2,1-2H3. The molecule has 1 heterocycles. The molecule has 6 heteroatoms. The third-order valence-electron chi connectivity index (χ3n) is 2.04. The van der Waals surface area contributed by atoms with Crippen LogP contribution in [0.1, 0.15) is 4.88 Å². The summed E-state index contributed by atoms with van der Waals surface area (Å²) in [7, 11) is -1.14. The van der Waals surface area contributed by atoms with E-state index in [1.165, 1.54) is 11.1 Å². The van der Waals surface area contributed by atoms with Crippen LogP contribution in [-0.2, 0) is 16.3 Å². The van der Waals surface area contributed by atoms with Crippen molar-refractivity contribution in [3.05, 3.63) is 20.8 Å². The highest BCUT2D eigenvalue weighted by Gasteiger charge is 2.15. The predicted molar refractivity (Wildman–Crippen MR) is 68.3 cm³/mol. The van der Waals surface area contributed by atoms with Gasteiger partial charge in [0.1, 0.15) is 9.84 Å². The summed E-state index contributed by atoms with van der Waals surface area (Å²) in [5.41, 5.74) is 0. The zero-order chi connectivity index (χ0) is 11.5. The highest BCUT2D eigenvalue weighted by Crippen LogP contribution is 2.24. The number of hydrogen-bond acceptors (Lipinski definition) is 4. The smallest absolute Gasteiger partial charge is 0.148 e. The fourth-order valence-electron chi connectivity index (χ4n) is 1.30. The number of halogens is 1. The molecular weight excluding hydrogens is 298 g/mol. The molecule has 0 saturated heterocycles. The van der Waals surface area contributed by atoms with Crippen LogP contribution in [-0.4, -0.2) is 33.5 Å². The monoisotopic (exact) mass is 311 g/mol. The van der Waals surface area contributed by atoms with Gasteiger partial charge in [0.15, 0.2) is 0 Å². The molecule has 1 rings (SSSR count). The summed E-state index contributed by atoms with van der Waals surface area (Å²) < 4.78 is 23.4. The topological polar surface area (TPSA) is 46.2 Å². The average Bonchev–Trinajstić information content (AvgIpc) is 2.48. The first-order valence-electron chi connectivity index (χ1n) is 4.49. The van der Waals surface area contributed by atoms with Crippen LogP contribution >= 0.6 is 27.3 Å². The number of thiophene rings is 1. The number of rotatable bonds is 5. The highest BCUT2D eigenvalue weighted by atomic mass is 79.9. The van der Waals surface area contributed by atoms with E-state index in [9.17, 15) is 8.42 Å². The minimum atomic E-state index is -2.92. The summed E-state index contributed by atoms with van der Waals surface area (Å²) in [5.74, 6) is 0.174. The van der Waals surface area contributed by atoms with Gasteiger partial charge in [0, 0.05) is 21.6 Å². The van der Waals surface area contributed by atoms with E-state index in [4.69, 9.17) is 0 Å². The van der Waals surface area contributed by atoms with E-state index in [0.717, 1.165) is 10.9 Å². The Morgan fingerprint density at radius 3 is 2.67 bits per heavy atom. The van der Waals surface area contributed by atoms with Gasteiger partial charge in [-0.25, -0.2) is 8.42 Å². The van der Waals surface area contributed by atoms with Gasteiger partial charge in [0.2, 0.25) is 0 Å². The van der Waals surface area contributed by atoms with E-state index in [2.05, 4.69) is 21.2 Å². The van der Waals surface area contributed by atoms with Crippen molar-refractivity contribution in [3.63, 3.8) is 0 Å². The molecule has 0 bridgehead atoms. The molecule has 0 aliphatic heterocycles. The van der Waals surface area contributed by atoms with Gasteiger partial charge in [-0.1, -0.05) is 0 Å². The Labute approximate surface area is 103 Å². The van der Waals surface area contributed by atoms with Gasteiger partial charge >= 0.3 is 0 Å². The molecule has 86 valence electrons. The number of hydrogen-bond donors (Lipinski definition) is 1. The first-order chi connectivity index (χ1) is 6.92. The molecule has 0 aliphatic carbocycles. The minimum Gasteiger partial charge on any atom is -0.316 e. The van der Waals surface area contributed by atoms with Crippen molar-refractivity contribution >= 4 is 37.1 Å². The van der Waals surface area contributed by atoms with E-state index in [1.54, 1.807) is 18.4 Å². The van der Waals surface area contributed by atoms with Crippen LogP contribution in [0.2, 0.25) is 0 Å². The van der Waals surface area contributed by atoms with Crippen LogP contribution in [0.5, 0.6) is 0 Å². The normalized spacial score (nSPS) is 14.1. The molecule has 1 aromatic rings. The van der Waals surface area contributed by atoms with Crippen LogP contribution in [0.15, 0.2) is 15.9 Å². The molecule has 0 fully saturated rings. The van der Waals surface area contributed by atoms with Crippen molar-refractivity contribution in [1.29, 1.82) is 0 Å². The molecule has 0 aliphatic rings. The summed E-state index contributed by atoms with van der Waals surface area (Å²) >= 11 is 5.07. The molecule has 3 nitrogen and oxygen atoms in total. The SMILES string of the molecule is CNC(Cc1sccc1Br)CS(C)(=O)=O. The molecule has 15 heavy (non-hydrogen) atoms. The Balaban J connectivity index is 2.66. The van der Waals surface area contributed by atoms with Crippen LogP contribution in [0.25, 0.3) is 0 Å². The van der Waals surface area contributed by atoms with Gasteiger partial charge in [-0.05, 0) is 40.8 Å². The molecule has 0 spiro atoms. The largest absolute Gasteiger partial charge is 0.316 e. The first kappa shape index (κ1) is 13.2. The fourth-order valence-corrected chi connectivity index (χ4v) is 3.92. The van der Waals surface area contributed by atoms with Gasteiger partial charge in [0.05, 0.1) is 5.75 Å². The summed E-state index contributed by atoms with van der Waals surface area (Å²) in [4.78, 5) is 1.18. The van der Waals surface area contributed by atoms with E-state index in [0.29, 0.717) is 0 Å². The molecular formula is C9H14BrNO2S2. The molecule has 0 radical (unpaired) electrons. The van der Waals surface area contributed by atoms with E-state index in [-0.39, 0.29) is 11.8 Å². The Morgan fingerprint density at radius 2 is 2.27 bits per heavy atom. The lowest BCUT2D eigenvalue weighted by Gasteiger charge is -2.14. The highest BCUT2D eigenvalue weighted by molar-refractivity contribution is 9.10. The molecule has 0 saturated carbocycles. The van der Waals surface area contributed by atoms with E-state index in [1.807, 2.05) is 11.4 Å². The Morgan fingerprint density at radius 1 is 1.60 bits per heavy atom. The summed E-state index contributed by atoms with van der Waals surface area (Å²) in [5, 5.41) is 5.02. The van der Waals surface area contributed by atoms with Crippen LogP contribution in [0.3, 0.4) is 0 Å². The molecule has 0 amide bonds. The van der Waals surface area contributed by atoms with Crippen molar-refractivity contribution in [1.82, 2.24) is 5.32 Å². The lowest BCUT2D eigenvalue weighted by molar-refractivity contribution is 0.568. The summed E-state index contributed by atoms with van der Waals surface area (Å²) in [6.45, 7) is 0. The maximum absolute atomic E-state index is 11.2. The van der Waals surface area contributed by atoms with Gasteiger partial charge < -0.3 is 5.32 Å². The average molecular weight is 312 g/mol. The zero-order valence-corrected chi connectivity index (χ0v) is 11.9. The number of likely N-dealkylation sites (N-methyl/N-ethyl adjacent to an activating group) is 1. The second kappa shape index (κ2) is 5.43. The van der Waals surface area contributed by atoms with E-state index >= 15 is 0 Å². The van der Waals surface area contributed by atoms with Crippen molar-refractivity contribution in [2.24, 2.45) is 0 Å². The lowest BCUT2D eigenvalue weighted by atomic mass is 10.2. The fraction of sp³-hybridized carbons (Fsp3) is 0.556. The maximum atomic E-state index is 11.2. The quantitative estimate of drug-likeness (QED) is 0.900. The number of nitrogens with one attached hydrogen (secondary N) is 1. The van der Waals surface area contributed by atoms with Gasteiger partial charge in [-0.2, -0.15) is 0 Å². The van der Waals surface area contributed by atoms with Crippen molar-refractivity contribution in [2.75, 3.05) is 19.1 Å². The van der Waals surface area contributed by atoms with Gasteiger partial charge in [0.25, 0.3) is 0 Å². The Bertz CT molecular complexity index is 414. The molecule has 0 aromatic carbocycles. The third kappa shape index (κ3) is 4.63. The number of sulfone groups is 1. The van der Waals surface area contributed by atoms with Crippen LogP contribution in [0, 0.1) is 0 Å². The van der Waals surface area contributed by atoms with Gasteiger partial charge in [-0.3, -0.25) is 0 Å². The first-order valence-corrected chi connectivity index (χ1v) is 8.22. The third-order valence-corrected chi connectivity index (χ3v) is 4.99. The van der Waals surface area contributed by atoms with Crippen molar-refractivity contribution < 1.29 is 8.42 Å². The summed E-state index contributed by atoms with van der Waals surface area (Å²) in [6.07, 6.45) is 2.00. The van der Waals surface area contributed by atoms with Crippen molar-refractivity contribution in [3.8, 4) is 0 Å². The lowest BCUT2D eigenvalue weighted by Crippen LogP contribution is -2.34. The molecule has 1 aromatic heterocycles. The van der Waals surface area contributed by atoms with Crippen molar-refractivity contribution in [2.45, 2.75) is 12.5 Å². The predicted octanol–water partition coefficient (Wildman–Crippen LogP) is 1.69. The van der Waals surface area contributed by atoms with Gasteiger partial charge in [-0.15, -0.1) is 11.3 Å². The van der Waals surface area contributed by atoms with Crippen LogP contribution < -0.4 is 5.32 Å². The Hall–Kier alpha value is 0.0900. The maximum Gasteiger partial charge on any atom is 0.148 e.